The van der Waals surface area contributed by atoms with E-state index in [9.17, 15) is 28.9 Å². The fraction of sp³-hybridized carbons (Fsp3) is 0.604. The highest BCUT2D eigenvalue weighted by Crippen LogP contribution is 2.38. The molecule has 386 valence electrons. The molecule has 0 aliphatic heterocycles. The number of aliphatic carboxylic acids is 1. The van der Waals surface area contributed by atoms with E-state index in [4.69, 9.17) is 29.4 Å². The Morgan fingerprint density at radius 2 is 1.28 bits per heavy atom. The maximum atomic E-state index is 13.1. The molecule has 0 aromatic heterocycles. The number of phosphoric ester groups is 1. The average molecular weight is 991 g/mol. The molecule has 0 saturated heterocycles. The van der Waals surface area contributed by atoms with E-state index in [0.717, 1.165) is 64.2 Å². The molecule has 1 unspecified atom stereocenters. The molecule has 0 spiro atoms. The number of carbonyl (C=O) groups is 3. The highest BCUT2D eigenvalue weighted by Gasteiger charge is 2.25. The zero-order valence-electron chi connectivity index (χ0n) is 41.9. The molecule has 0 fully saturated rings. The van der Waals surface area contributed by atoms with E-state index in [2.05, 4.69) is 86.8 Å². The number of nitrogens with zero attached hydrogens (tertiary/aromatic N) is 1. The zero-order chi connectivity index (χ0) is 50.6. The molecule has 0 bridgehead atoms. The fourth-order valence-corrected chi connectivity index (χ4v) is 7.68. The van der Waals surface area contributed by atoms with E-state index in [0.29, 0.717) is 17.4 Å². The van der Waals surface area contributed by atoms with Gasteiger partial charge in [0.15, 0.2) is 6.10 Å². The van der Waals surface area contributed by atoms with Crippen LogP contribution in [0.3, 0.4) is 0 Å². The predicted molar refractivity (Wildman–Crippen MR) is 278 cm³/mol. The van der Waals surface area contributed by atoms with Crippen LogP contribution in [0.15, 0.2) is 109 Å². The van der Waals surface area contributed by atoms with Gasteiger partial charge in [0.05, 0.1) is 33.9 Å². The summed E-state index contributed by atoms with van der Waals surface area (Å²) in [5.41, 5.74) is 6.20. The molecule has 0 aromatic carbocycles. The summed E-state index contributed by atoms with van der Waals surface area (Å²) in [6, 6.07) is -1.15. The molecule has 5 atom stereocenters. The number of carboxylic acid groups (broad SMARTS) is 1. The zero-order valence-corrected chi connectivity index (χ0v) is 43.6. The third kappa shape index (κ3) is 43.7. The highest BCUT2D eigenvalue weighted by molar-refractivity contribution is 8.00. The van der Waals surface area contributed by atoms with Gasteiger partial charge in [0.25, 0.3) is 7.82 Å². The molecule has 0 heterocycles. The minimum absolute atomic E-state index is 0.0362. The summed E-state index contributed by atoms with van der Waals surface area (Å²) in [6.07, 6.45) is 48.7. The summed E-state index contributed by atoms with van der Waals surface area (Å²) in [5.74, 6) is -2.35. The van der Waals surface area contributed by atoms with Gasteiger partial charge in [-0.15, -0.1) is 11.8 Å². The van der Waals surface area contributed by atoms with Crippen molar-refractivity contribution in [2.45, 2.75) is 153 Å². The number of quaternary nitrogens is 1. The molecule has 15 heteroatoms. The second-order valence-corrected chi connectivity index (χ2v) is 19.9. The van der Waals surface area contributed by atoms with Gasteiger partial charge in [0, 0.05) is 23.8 Å². The summed E-state index contributed by atoms with van der Waals surface area (Å²) >= 11 is 1.21. The highest BCUT2D eigenvalue weighted by atomic mass is 32.2. The maximum absolute atomic E-state index is 13.1. The van der Waals surface area contributed by atoms with Crippen LogP contribution >= 0.6 is 19.6 Å². The van der Waals surface area contributed by atoms with E-state index in [-0.39, 0.29) is 38.0 Å². The van der Waals surface area contributed by atoms with Crippen molar-refractivity contribution in [1.29, 1.82) is 0 Å². The summed E-state index contributed by atoms with van der Waals surface area (Å²) in [4.78, 5) is 49.5. The van der Waals surface area contributed by atoms with Crippen molar-refractivity contribution in [2.75, 3.05) is 53.3 Å². The van der Waals surface area contributed by atoms with Gasteiger partial charge >= 0.3 is 17.9 Å². The lowest BCUT2D eigenvalue weighted by Gasteiger charge is -2.28. The van der Waals surface area contributed by atoms with Crippen LogP contribution in [-0.4, -0.2) is 109 Å². The maximum Gasteiger partial charge on any atom is 0.323 e. The van der Waals surface area contributed by atoms with Gasteiger partial charge in [-0.25, -0.2) is 0 Å². The first-order chi connectivity index (χ1) is 32.6. The van der Waals surface area contributed by atoms with Crippen LogP contribution in [0.4, 0.5) is 0 Å². The van der Waals surface area contributed by atoms with Crippen LogP contribution in [-0.2, 0) is 37.5 Å². The summed E-state index contributed by atoms with van der Waals surface area (Å²) in [5, 5.41) is 19.5. The Bertz CT molecular complexity index is 1650. The summed E-state index contributed by atoms with van der Waals surface area (Å²) in [7, 11) is 0.864. The minimum Gasteiger partial charge on any atom is -0.756 e. The number of phosphoric acid groups is 1. The van der Waals surface area contributed by atoms with E-state index in [1.165, 1.54) is 31.0 Å². The Kier molecular flexibility index (Phi) is 41.1. The summed E-state index contributed by atoms with van der Waals surface area (Å²) in [6.45, 7) is 3.44. The van der Waals surface area contributed by atoms with Gasteiger partial charge in [-0.2, -0.15) is 0 Å². The number of carboxylic acids is 1. The van der Waals surface area contributed by atoms with Crippen molar-refractivity contribution in [3.8, 4) is 0 Å². The SMILES string of the molecule is CC/C=C\C/C=C\C/C=C\C/C=C\C/C=C\CCCCCC(=O)O[C@H](COC(=O)[C@@H](N)CS[C@H](/C=C/C=C/C=C\C/C=C\CCCCC)[C@@H](O)CCCC(=O)O)COP(=O)([O-])OCC[N+](C)(C)C. The Morgan fingerprint density at radius 1 is 0.706 bits per heavy atom. The standard InChI is InChI=1S/C53H87N2O11PS/c1-6-8-10-12-14-16-18-20-21-22-23-24-25-26-28-30-32-34-36-41-52(59)66-47(45-65-67(61,62)64-43-42-55(3,4)5)44-63-53(60)48(54)46-68-50(49(56)38-37-40-51(57)58)39-35-33-31-29-27-19-17-15-13-11-9-7-2/h8,10,14-17,20-21,23-24,26-29,31,33,35,39,47-50,56H,6-7,9,11-13,18-19,22,25,30,32,34,36-38,40-46,54H2,1-5H3,(H-,57,58,61,62)/b10-8-,16-14-,17-15-,21-20-,24-23-,28-26-,29-27-,33-31+,39-35+/t47-,48+,49+,50-/m1/s1. The quantitative estimate of drug-likeness (QED) is 0.0131. The van der Waals surface area contributed by atoms with Gasteiger partial charge in [-0.05, 0) is 83.5 Å². The number of carbonyl (C=O) groups excluding carboxylic acids is 2. The molecular weight excluding hydrogens is 904 g/mol. The smallest absolute Gasteiger partial charge is 0.323 e. The molecule has 0 aliphatic rings. The van der Waals surface area contributed by atoms with Crippen LogP contribution in [0.5, 0.6) is 0 Å². The normalized spacial score (nSPS) is 15.6. The number of likely N-dealkylation sites (N-methyl/N-ethyl adjacent to an activating group) is 1. The third-order valence-corrected chi connectivity index (χ3v) is 12.1. The number of hydrogen-bond acceptors (Lipinski definition) is 12. The molecule has 68 heavy (non-hydrogen) atoms. The largest absolute Gasteiger partial charge is 0.756 e. The molecule has 0 amide bonds. The van der Waals surface area contributed by atoms with Crippen molar-refractivity contribution in [2.24, 2.45) is 5.73 Å². The Labute approximate surface area is 414 Å². The number of rotatable bonds is 43. The lowest BCUT2D eigenvalue weighted by molar-refractivity contribution is -0.870. The molecule has 0 aliphatic carbocycles. The number of aliphatic hydroxyl groups is 1. The van der Waals surface area contributed by atoms with Gasteiger partial charge in [-0.1, -0.05) is 142 Å². The van der Waals surface area contributed by atoms with Crippen LogP contribution in [0.1, 0.15) is 129 Å². The predicted octanol–water partition coefficient (Wildman–Crippen LogP) is 10.6. The minimum atomic E-state index is -4.78. The number of hydrogen-bond donors (Lipinski definition) is 3. The topological polar surface area (TPSA) is 195 Å². The number of thioether (sulfide) groups is 1. The van der Waals surface area contributed by atoms with E-state index in [1.54, 1.807) is 12.2 Å². The second-order valence-electron chi connectivity index (χ2n) is 17.3. The van der Waals surface area contributed by atoms with Crippen molar-refractivity contribution < 1.29 is 57.1 Å². The first-order valence-electron chi connectivity index (χ1n) is 24.5. The molecule has 0 saturated carbocycles. The van der Waals surface area contributed by atoms with Crippen molar-refractivity contribution in [3.63, 3.8) is 0 Å². The van der Waals surface area contributed by atoms with Crippen LogP contribution in [0.2, 0.25) is 0 Å². The lowest BCUT2D eigenvalue weighted by atomic mass is 10.1. The molecule has 0 radical (unpaired) electrons. The Hall–Kier alpha value is -3.59. The van der Waals surface area contributed by atoms with Crippen molar-refractivity contribution in [1.82, 2.24) is 0 Å². The van der Waals surface area contributed by atoms with E-state index >= 15 is 0 Å². The van der Waals surface area contributed by atoms with Gasteiger partial charge in [0.2, 0.25) is 0 Å². The molecule has 0 rings (SSSR count). The molecule has 4 N–H and O–H groups in total. The number of unbranched alkanes of at least 4 members (excludes halogenated alkanes) is 6. The van der Waals surface area contributed by atoms with E-state index in [1.807, 2.05) is 45.4 Å². The molecule has 13 nitrogen and oxygen atoms in total. The number of allylic oxidation sites excluding steroid dienone is 17. The molecular formula is C53H87N2O11PS. The van der Waals surface area contributed by atoms with Gasteiger partial charge in [-0.3, -0.25) is 18.9 Å². The number of nitrogens with two attached hydrogens (primary N) is 1. The number of aliphatic hydroxyl groups excluding tert-OH is 1. The second kappa shape index (κ2) is 43.4. The average Bonchev–Trinajstić information content (AvgIpc) is 3.28. The van der Waals surface area contributed by atoms with Crippen LogP contribution in [0, 0.1) is 0 Å². The molecule has 0 aromatic rings. The van der Waals surface area contributed by atoms with Crippen LogP contribution < -0.4 is 10.6 Å². The fourth-order valence-electron chi connectivity index (χ4n) is 5.83. The Morgan fingerprint density at radius 3 is 1.87 bits per heavy atom. The van der Waals surface area contributed by atoms with Crippen molar-refractivity contribution in [3.05, 3.63) is 109 Å². The summed E-state index contributed by atoms with van der Waals surface area (Å²) < 4.78 is 34.0. The third-order valence-electron chi connectivity index (χ3n) is 9.77. The first-order valence-corrected chi connectivity index (χ1v) is 27.0. The van der Waals surface area contributed by atoms with E-state index < -0.39 is 62.4 Å². The van der Waals surface area contributed by atoms with Crippen molar-refractivity contribution >= 4 is 37.5 Å². The number of esters is 2. The monoisotopic (exact) mass is 991 g/mol. The Balaban J connectivity index is 5.23. The van der Waals surface area contributed by atoms with Gasteiger partial charge in [0.1, 0.15) is 25.8 Å². The first kappa shape index (κ1) is 64.4. The number of ether oxygens (including phenoxy) is 2. The van der Waals surface area contributed by atoms with Gasteiger partial charge < -0.3 is 43.8 Å². The lowest BCUT2D eigenvalue weighted by Crippen LogP contribution is -2.39. The van der Waals surface area contributed by atoms with Crippen LogP contribution in [0.25, 0.3) is 0 Å².